The minimum Gasteiger partial charge on any atom is -0.309 e. The predicted octanol–water partition coefficient (Wildman–Crippen LogP) is 3.66. The van der Waals surface area contributed by atoms with E-state index in [1.54, 1.807) is 4.90 Å². The molecule has 0 heterocycles. The van der Waals surface area contributed by atoms with Crippen LogP contribution in [-0.2, 0) is 0 Å². The average molecular weight is 239 g/mol. The van der Waals surface area contributed by atoms with Crippen LogP contribution in [0, 0.1) is 6.92 Å². The summed E-state index contributed by atoms with van der Waals surface area (Å²) in [6.07, 6.45) is 0. The number of hydrogen-bond donors (Lipinski definition) is 0. The molecule has 2 heteroatoms. The van der Waals surface area contributed by atoms with Gasteiger partial charge in [-0.3, -0.25) is 4.79 Å². The largest absolute Gasteiger partial charge is 0.309 e. The molecule has 2 nitrogen and oxygen atoms in total. The van der Waals surface area contributed by atoms with Gasteiger partial charge >= 0.3 is 0 Å². The van der Waals surface area contributed by atoms with E-state index < -0.39 is 0 Å². The summed E-state index contributed by atoms with van der Waals surface area (Å²) in [7, 11) is 0. The first-order valence-electron chi connectivity index (χ1n) is 6.16. The maximum absolute atomic E-state index is 12.5. The zero-order valence-electron chi connectivity index (χ0n) is 10.8. The van der Waals surface area contributed by atoms with E-state index in [-0.39, 0.29) is 5.91 Å². The standard InChI is InChI=1S/C16H17NO/c1-3-17(14-10-5-4-6-11-14)16(18)15-12-8-7-9-13(15)2/h4-12H,3H2,1-2H3. The van der Waals surface area contributed by atoms with Gasteiger partial charge in [0.2, 0.25) is 0 Å². The van der Waals surface area contributed by atoms with Gasteiger partial charge in [0.25, 0.3) is 5.91 Å². The fraction of sp³-hybridized carbons (Fsp3) is 0.188. The summed E-state index contributed by atoms with van der Waals surface area (Å²) in [5.41, 5.74) is 2.72. The summed E-state index contributed by atoms with van der Waals surface area (Å²) in [6, 6.07) is 17.5. The lowest BCUT2D eigenvalue weighted by Gasteiger charge is -2.21. The Morgan fingerprint density at radius 2 is 1.61 bits per heavy atom. The molecule has 2 aromatic carbocycles. The van der Waals surface area contributed by atoms with Crippen molar-refractivity contribution in [2.45, 2.75) is 13.8 Å². The molecule has 0 unspecified atom stereocenters. The summed E-state index contributed by atoms with van der Waals surface area (Å²) in [5.74, 6) is 0.0572. The molecule has 0 radical (unpaired) electrons. The lowest BCUT2D eigenvalue weighted by atomic mass is 10.1. The van der Waals surface area contributed by atoms with Gasteiger partial charge in [-0.1, -0.05) is 36.4 Å². The fourth-order valence-electron chi connectivity index (χ4n) is 2.01. The number of carbonyl (C=O) groups is 1. The Labute approximate surface area is 108 Å². The Kier molecular flexibility index (Phi) is 3.78. The summed E-state index contributed by atoms with van der Waals surface area (Å²) in [6.45, 7) is 4.62. The minimum atomic E-state index is 0.0572. The van der Waals surface area contributed by atoms with Gasteiger partial charge in [0.1, 0.15) is 0 Å². The van der Waals surface area contributed by atoms with Crippen molar-refractivity contribution in [2.24, 2.45) is 0 Å². The lowest BCUT2D eigenvalue weighted by molar-refractivity contribution is 0.0987. The number of hydrogen-bond acceptors (Lipinski definition) is 1. The summed E-state index contributed by atoms with van der Waals surface area (Å²) < 4.78 is 0. The highest BCUT2D eigenvalue weighted by molar-refractivity contribution is 6.06. The van der Waals surface area contributed by atoms with Crippen molar-refractivity contribution in [3.05, 3.63) is 65.7 Å². The Morgan fingerprint density at radius 1 is 1.00 bits per heavy atom. The Bertz CT molecular complexity index is 534. The van der Waals surface area contributed by atoms with Crippen LogP contribution in [0.3, 0.4) is 0 Å². The van der Waals surface area contributed by atoms with Crippen LogP contribution in [0.4, 0.5) is 5.69 Å². The number of amides is 1. The second-order valence-electron chi connectivity index (χ2n) is 4.20. The molecule has 0 saturated carbocycles. The van der Waals surface area contributed by atoms with E-state index in [4.69, 9.17) is 0 Å². The van der Waals surface area contributed by atoms with Crippen molar-refractivity contribution in [3.8, 4) is 0 Å². The number of aryl methyl sites for hydroxylation is 1. The number of anilines is 1. The SMILES string of the molecule is CCN(C(=O)c1ccccc1C)c1ccccc1. The van der Waals surface area contributed by atoms with Gasteiger partial charge in [-0.05, 0) is 37.6 Å². The van der Waals surface area contributed by atoms with E-state index in [1.807, 2.05) is 68.4 Å². The molecule has 2 rings (SSSR count). The Hall–Kier alpha value is -2.09. The van der Waals surface area contributed by atoms with Gasteiger partial charge in [-0.25, -0.2) is 0 Å². The average Bonchev–Trinajstić information content (AvgIpc) is 2.41. The van der Waals surface area contributed by atoms with Crippen molar-refractivity contribution in [1.82, 2.24) is 0 Å². The zero-order chi connectivity index (χ0) is 13.0. The van der Waals surface area contributed by atoms with Crippen molar-refractivity contribution < 1.29 is 4.79 Å². The monoisotopic (exact) mass is 239 g/mol. The third-order valence-corrected chi connectivity index (χ3v) is 3.00. The molecular weight excluding hydrogens is 222 g/mol. The van der Waals surface area contributed by atoms with E-state index >= 15 is 0 Å². The van der Waals surface area contributed by atoms with Crippen LogP contribution in [0.15, 0.2) is 54.6 Å². The first kappa shape index (κ1) is 12.4. The molecule has 0 aliphatic rings. The Morgan fingerprint density at radius 3 is 2.22 bits per heavy atom. The third-order valence-electron chi connectivity index (χ3n) is 3.00. The van der Waals surface area contributed by atoms with E-state index in [2.05, 4.69) is 0 Å². The van der Waals surface area contributed by atoms with Crippen LogP contribution in [0.2, 0.25) is 0 Å². The van der Waals surface area contributed by atoms with E-state index in [1.165, 1.54) is 0 Å². The molecule has 0 atom stereocenters. The molecular formula is C16H17NO. The molecule has 0 aromatic heterocycles. The molecule has 0 aliphatic heterocycles. The maximum atomic E-state index is 12.5. The first-order chi connectivity index (χ1) is 8.74. The number of benzene rings is 2. The normalized spacial score (nSPS) is 10.1. The van der Waals surface area contributed by atoms with Crippen LogP contribution in [0.25, 0.3) is 0 Å². The second kappa shape index (κ2) is 5.50. The molecule has 0 spiro atoms. The summed E-state index contributed by atoms with van der Waals surface area (Å²) in [4.78, 5) is 14.3. The van der Waals surface area contributed by atoms with Crippen LogP contribution in [-0.4, -0.2) is 12.5 Å². The highest BCUT2D eigenvalue weighted by atomic mass is 16.2. The van der Waals surface area contributed by atoms with E-state index in [0.717, 1.165) is 16.8 Å². The third kappa shape index (κ3) is 2.43. The van der Waals surface area contributed by atoms with E-state index in [0.29, 0.717) is 6.54 Å². The molecule has 1 amide bonds. The van der Waals surface area contributed by atoms with Gasteiger partial charge in [-0.15, -0.1) is 0 Å². The number of rotatable bonds is 3. The van der Waals surface area contributed by atoms with Gasteiger partial charge in [0.05, 0.1) is 0 Å². The molecule has 18 heavy (non-hydrogen) atoms. The van der Waals surface area contributed by atoms with Crippen molar-refractivity contribution in [3.63, 3.8) is 0 Å². The predicted molar refractivity (Wildman–Crippen MR) is 75.0 cm³/mol. The number of para-hydroxylation sites is 1. The smallest absolute Gasteiger partial charge is 0.258 e. The van der Waals surface area contributed by atoms with Gasteiger partial charge < -0.3 is 4.90 Å². The molecule has 92 valence electrons. The summed E-state index contributed by atoms with van der Waals surface area (Å²) in [5, 5.41) is 0. The quantitative estimate of drug-likeness (QED) is 0.800. The molecule has 0 N–H and O–H groups in total. The minimum absolute atomic E-state index is 0.0572. The molecule has 0 bridgehead atoms. The van der Waals surface area contributed by atoms with Crippen molar-refractivity contribution >= 4 is 11.6 Å². The van der Waals surface area contributed by atoms with Gasteiger partial charge in [0.15, 0.2) is 0 Å². The molecule has 0 fully saturated rings. The number of nitrogens with zero attached hydrogens (tertiary/aromatic N) is 1. The van der Waals surface area contributed by atoms with E-state index in [9.17, 15) is 4.79 Å². The molecule has 2 aromatic rings. The second-order valence-corrected chi connectivity index (χ2v) is 4.20. The van der Waals surface area contributed by atoms with Gasteiger partial charge in [0, 0.05) is 17.8 Å². The van der Waals surface area contributed by atoms with Crippen molar-refractivity contribution in [2.75, 3.05) is 11.4 Å². The lowest BCUT2D eigenvalue weighted by Crippen LogP contribution is -2.31. The zero-order valence-corrected chi connectivity index (χ0v) is 10.8. The van der Waals surface area contributed by atoms with Crippen molar-refractivity contribution in [1.29, 1.82) is 0 Å². The van der Waals surface area contributed by atoms with Crippen LogP contribution in [0.1, 0.15) is 22.8 Å². The highest BCUT2D eigenvalue weighted by Gasteiger charge is 2.16. The topological polar surface area (TPSA) is 20.3 Å². The summed E-state index contributed by atoms with van der Waals surface area (Å²) >= 11 is 0. The molecule has 0 aliphatic carbocycles. The van der Waals surface area contributed by atoms with Crippen LogP contribution in [0.5, 0.6) is 0 Å². The molecule has 0 saturated heterocycles. The fourth-order valence-corrected chi connectivity index (χ4v) is 2.01. The van der Waals surface area contributed by atoms with Crippen LogP contribution < -0.4 is 4.90 Å². The maximum Gasteiger partial charge on any atom is 0.258 e. The Balaban J connectivity index is 2.35. The first-order valence-corrected chi connectivity index (χ1v) is 6.16. The van der Waals surface area contributed by atoms with Gasteiger partial charge in [-0.2, -0.15) is 0 Å². The highest BCUT2D eigenvalue weighted by Crippen LogP contribution is 2.18. The van der Waals surface area contributed by atoms with Crippen LogP contribution >= 0.6 is 0 Å². The number of carbonyl (C=O) groups excluding carboxylic acids is 1.